The van der Waals surface area contributed by atoms with E-state index in [2.05, 4.69) is 11.8 Å². The van der Waals surface area contributed by atoms with E-state index in [0.717, 1.165) is 56.1 Å². The van der Waals surface area contributed by atoms with Crippen molar-refractivity contribution in [2.75, 3.05) is 26.2 Å². The van der Waals surface area contributed by atoms with Gasteiger partial charge in [0.2, 0.25) is 5.91 Å². The molecule has 2 aromatic rings. The van der Waals surface area contributed by atoms with Crippen molar-refractivity contribution in [3.05, 3.63) is 53.6 Å². The Morgan fingerprint density at radius 1 is 0.966 bits per heavy atom. The van der Waals surface area contributed by atoms with E-state index in [-0.39, 0.29) is 5.91 Å². The number of carbonyl (C=O) groups is 1. The zero-order valence-corrected chi connectivity index (χ0v) is 17.5. The van der Waals surface area contributed by atoms with Gasteiger partial charge in [0.05, 0.1) is 6.61 Å². The van der Waals surface area contributed by atoms with Gasteiger partial charge in [-0.25, -0.2) is 5.48 Å². The van der Waals surface area contributed by atoms with E-state index >= 15 is 0 Å². The predicted octanol–water partition coefficient (Wildman–Crippen LogP) is 4.90. The summed E-state index contributed by atoms with van der Waals surface area (Å²) in [7, 11) is 0. The number of halogens is 1. The zero-order chi connectivity index (χ0) is 20.9. The van der Waals surface area contributed by atoms with Crippen molar-refractivity contribution in [3.63, 3.8) is 0 Å². The summed E-state index contributed by atoms with van der Waals surface area (Å²) in [5.41, 5.74) is 1.66. The molecule has 6 nitrogen and oxygen atoms in total. The smallest absolute Gasteiger partial charge is 0.243 e. The van der Waals surface area contributed by atoms with Crippen LogP contribution >= 0.6 is 11.6 Å². The maximum absolute atomic E-state index is 11.0. The number of nitrogens with zero attached hydrogens (tertiary/aromatic N) is 1. The first-order valence-corrected chi connectivity index (χ1v) is 10.3. The van der Waals surface area contributed by atoms with Crippen molar-refractivity contribution < 1.29 is 19.5 Å². The third-order valence-corrected chi connectivity index (χ3v) is 4.71. The molecule has 29 heavy (non-hydrogen) atoms. The number of ether oxygens (including phenoxy) is 2. The number of carbonyl (C=O) groups excluding carboxylic acids is 1. The molecular formula is C22H29ClN2O4. The highest BCUT2D eigenvalue weighted by Crippen LogP contribution is 2.25. The lowest BCUT2D eigenvalue weighted by atomic mass is 10.2. The second-order valence-electron chi connectivity index (χ2n) is 6.66. The number of unbranched alkanes of at least 4 members (excludes halogenated alkanes) is 1. The van der Waals surface area contributed by atoms with Gasteiger partial charge < -0.3 is 14.4 Å². The van der Waals surface area contributed by atoms with Gasteiger partial charge in [0, 0.05) is 11.4 Å². The molecule has 0 atom stereocenters. The minimum absolute atomic E-state index is 0.334. The Kier molecular flexibility index (Phi) is 10.3. The Morgan fingerprint density at radius 2 is 1.55 bits per heavy atom. The van der Waals surface area contributed by atoms with Crippen LogP contribution < -0.4 is 15.0 Å². The number of rotatable bonds is 13. The van der Waals surface area contributed by atoms with Crippen molar-refractivity contribution in [3.8, 4) is 17.2 Å². The summed E-state index contributed by atoms with van der Waals surface area (Å²) in [6.07, 6.45) is 3.06. The van der Waals surface area contributed by atoms with Gasteiger partial charge in [-0.15, -0.1) is 0 Å². The molecule has 0 aliphatic heterocycles. The molecule has 2 rings (SSSR count). The van der Waals surface area contributed by atoms with Crippen molar-refractivity contribution in [1.29, 1.82) is 0 Å². The van der Waals surface area contributed by atoms with E-state index in [1.54, 1.807) is 17.6 Å². The average Bonchev–Trinajstić information content (AvgIpc) is 2.74. The Bertz CT molecular complexity index is 723. The lowest BCUT2D eigenvalue weighted by Gasteiger charge is -2.20. The fourth-order valence-corrected chi connectivity index (χ4v) is 2.94. The summed E-state index contributed by atoms with van der Waals surface area (Å²) in [6, 6.07) is 14.8. The molecule has 0 aromatic heterocycles. The van der Waals surface area contributed by atoms with Crippen LogP contribution in [0.1, 0.15) is 32.6 Å². The fourth-order valence-electron chi connectivity index (χ4n) is 2.82. The van der Waals surface area contributed by atoms with E-state index in [1.165, 1.54) is 0 Å². The molecule has 0 aliphatic carbocycles. The SMILES string of the molecule is CCN(CCCCOc1ccc(Oc2ccc(Cl)cc2)cc1)CCCC(=O)NO. The van der Waals surface area contributed by atoms with Crippen LogP contribution in [0.25, 0.3) is 0 Å². The van der Waals surface area contributed by atoms with E-state index in [4.69, 9.17) is 26.3 Å². The maximum Gasteiger partial charge on any atom is 0.243 e. The van der Waals surface area contributed by atoms with E-state index in [9.17, 15) is 4.79 Å². The molecule has 7 heteroatoms. The van der Waals surface area contributed by atoms with Crippen LogP contribution in [0.15, 0.2) is 48.5 Å². The highest BCUT2D eigenvalue weighted by Gasteiger charge is 2.05. The van der Waals surface area contributed by atoms with Crippen LogP contribution in [-0.4, -0.2) is 42.3 Å². The second-order valence-corrected chi connectivity index (χ2v) is 7.09. The van der Waals surface area contributed by atoms with E-state index in [1.807, 2.05) is 36.4 Å². The van der Waals surface area contributed by atoms with Crippen LogP contribution in [0.5, 0.6) is 17.2 Å². The Labute approximate surface area is 177 Å². The summed E-state index contributed by atoms with van der Waals surface area (Å²) in [5, 5.41) is 9.18. The first-order chi connectivity index (χ1) is 14.1. The van der Waals surface area contributed by atoms with E-state index in [0.29, 0.717) is 18.1 Å². The number of hydroxylamine groups is 1. The molecule has 0 aliphatic rings. The number of benzene rings is 2. The standard InChI is InChI=1S/C22H29ClN2O4/c1-2-25(16-5-6-22(26)24-27)15-3-4-17-28-19-11-13-21(14-12-19)29-20-9-7-18(23)8-10-20/h7-14,27H,2-6,15-17H2,1H3,(H,24,26). The zero-order valence-electron chi connectivity index (χ0n) is 16.8. The molecule has 0 heterocycles. The summed E-state index contributed by atoms with van der Waals surface area (Å²) in [5.74, 6) is 1.96. The van der Waals surface area contributed by atoms with Gasteiger partial charge in [-0.05, 0) is 87.4 Å². The molecule has 0 radical (unpaired) electrons. The molecule has 0 saturated heterocycles. The number of nitrogens with one attached hydrogen (secondary N) is 1. The second kappa shape index (κ2) is 13.0. The molecule has 0 spiro atoms. The minimum atomic E-state index is -0.334. The molecule has 0 bridgehead atoms. The molecular weight excluding hydrogens is 392 g/mol. The van der Waals surface area contributed by atoms with Gasteiger partial charge in [0.15, 0.2) is 0 Å². The van der Waals surface area contributed by atoms with Crippen molar-refractivity contribution >= 4 is 17.5 Å². The third kappa shape index (κ3) is 9.17. The highest BCUT2D eigenvalue weighted by molar-refractivity contribution is 6.30. The quantitative estimate of drug-likeness (QED) is 0.274. The third-order valence-electron chi connectivity index (χ3n) is 4.46. The molecule has 1 amide bonds. The first-order valence-electron chi connectivity index (χ1n) is 9.92. The average molecular weight is 421 g/mol. The number of amides is 1. The molecule has 0 saturated carbocycles. The lowest BCUT2D eigenvalue weighted by molar-refractivity contribution is -0.129. The summed E-state index contributed by atoms with van der Waals surface area (Å²) >= 11 is 5.87. The molecule has 158 valence electrons. The minimum Gasteiger partial charge on any atom is -0.494 e. The topological polar surface area (TPSA) is 71.0 Å². The largest absolute Gasteiger partial charge is 0.494 e. The van der Waals surface area contributed by atoms with Crippen molar-refractivity contribution in [2.24, 2.45) is 0 Å². The van der Waals surface area contributed by atoms with Crippen LogP contribution in [0.4, 0.5) is 0 Å². The van der Waals surface area contributed by atoms with Gasteiger partial charge in [0.1, 0.15) is 17.2 Å². The lowest BCUT2D eigenvalue weighted by Crippen LogP contribution is -2.27. The van der Waals surface area contributed by atoms with Gasteiger partial charge in [-0.3, -0.25) is 10.0 Å². The fraction of sp³-hybridized carbons (Fsp3) is 0.409. The van der Waals surface area contributed by atoms with Crippen LogP contribution in [0.2, 0.25) is 5.02 Å². The number of hydrogen-bond donors (Lipinski definition) is 2. The number of hydrogen-bond acceptors (Lipinski definition) is 5. The summed E-state index contributed by atoms with van der Waals surface area (Å²) in [6.45, 7) is 5.52. The normalized spacial score (nSPS) is 10.8. The molecule has 2 aromatic carbocycles. The Balaban J connectivity index is 1.62. The van der Waals surface area contributed by atoms with Gasteiger partial charge >= 0.3 is 0 Å². The van der Waals surface area contributed by atoms with Gasteiger partial charge in [-0.1, -0.05) is 18.5 Å². The first kappa shape index (κ1) is 23.0. The molecule has 2 N–H and O–H groups in total. The van der Waals surface area contributed by atoms with Crippen molar-refractivity contribution in [2.45, 2.75) is 32.6 Å². The van der Waals surface area contributed by atoms with Gasteiger partial charge in [-0.2, -0.15) is 0 Å². The van der Waals surface area contributed by atoms with Crippen LogP contribution in [0, 0.1) is 0 Å². The summed E-state index contributed by atoms with van der Waals surface area (Å²) < 4.78 is 11.6. The highest BCUT2D eigenvalue weighted by atomic mass is 35.5. The predicted molar refractivity (Wildman–Crippen MR) is 114 cm³/mol. The maximum atomic E-state index is 11.0. The molecule has 0 fully saturated rings. The monoisotopic (exact) mass is 420 g/mol. The van der Waals surface area contributed by atoms with Crippen LogP contribution in [-0.2, 0) is 4.79 Å². The summed E-state index contributed by atoms with van der Waals surface area (Å²) in [4.78, 5) is 13.3. The van der Waals surface area contributed by atoms with E-state index < -0.39 is 0 Å². The Hall–Kier alpha value is -2.28. The van der Waals surface area contributed by atoms with Crippen molar-refractivity contribution in [1.82, 2.24) is 10.4 Å². The molecule has 0 unspecified atom stereocenters. The van der Waals surface area contributed by atoms with Gasteiger partial charge in [0.25, 0.3) is 0 Å². The van der Waals surface area contributed by atoms with Crippen LogP contribution in [0.3, 0.4) is 0 Å². The Morgan fingerprint density at radius 3 is 2.17 bits per heavy atom.